The number of nitrogens with zero attached hydrogens (tertiary/aromatic N) is 2. The molecule has 2 aliphatic heterocycles. The Bertz CT molecular complexity index is 308. The maximum atomic E-state index is 12.3. The monoisotopic (exact) mass is 279 g/mol. The van der Waals surface area contributed by atoms with Gasteiger partial charge in [0.2, 0.25) is 5.91 Å². The minimum absolute atomic E-state index is 0.0513. The molecule has 2 fully saturated rings. The van der Waals surface area contributed by atoms with Crippen LogP contribution < -0.4 is 5.32 Å². The van der Waals surface area contributed by atoms with E-state index in [2.05, 4.69) is 5.32 Å². The van der Waals surface area contributed by atoms with Crippen LogP contribution in [-0.2, 0) is 4.79 Å². The van der Waals surface area contributed by atoms with Crippen LogP contribution in [0.1, 0.15) is 12.8 Å². The number of alkyl halides is 3. The van der Waals surface area contributed by atoms with E-state index in [4.69, 9.17) is 0 Å². The van der Waals surface area contributed by atoms with Gasteiger partial charge in [0.05, 0.1) is 6.54 Å². The molecule has 0 unspecified atom stereocenters. The molecule has 0 aromatic heterocycles. The summed E-state index contributed by atoms with van der Waals surface area (Å²) in [7, 11) is 0. The molecule has 1 amide bonds. The molecule has 1 N–H and O–H groups in total. The van der Waals surface area contributed by atoms with Crippen LogP contribution in [0.2, 0.25) is 0 Å². The quantitative estimate of drug-likeness (QED) is 0.808. The predicted octanol–water partition coefficient (Wildman–Crippen LogP) is 0.692. The van der Waals surface area contributed by atoms with Crippen LogP contribution in [0.3, 0.4) is 0 Å². The van der Waals surface area contributed by atoms with Gasteiger partial charge < -0.3 is 10.2 Å². The fraction of sp³-hybridized carbons (Fsp3) is 0.917. The number of carbonyl (C=O) groups is 1. The van der Waals surface area contributed by atoms with Gasteiger partial charge in [0, 0.05) is 32.1 Å². The summed E-state index contributed by atoms with van der Waals surface area (Å²) >= 11 is 0. The van der Waals surface area contributed by atoms with Gasteiger partial charge in [-0.25, -0.2) is 0 Å². The van der Waals surface area contributed by atoms with Crippen LogP contribution >= 0.6 is 0 Å². The lowest BCUT2D eigenvalue weighted by molar-refractivity contribution is -0.153. The van der Waals surface area contributed by atoms with Gasteiger partial charge in [-0.1, -0.05) is 0 Å². The highest BCUT2D eigenvalue weighted by atomic mass is 19.4. The molecule has 110 valence electrons. The molecule has 0 aromatic rings. The molecule has 0 radical (unpaired) electrons. The van der Waals surface area contributed by atoms with E-state index >= 15 is 0 Å². The van der Waals surface area contributed by atoms with Crippen molar-refractivity contribution in [2.45, 2.75) is 19.0 Å². The lowest BCUT2D eigenvalue weighted by Gasteiger charge is -2.37. The molecule has 2 saturated heterocycles. The molecular weight excluding hydrogens is 259 g/mol. The molecule has 0 atom stereocenters. The van der Waals surface area contributed by atoms with Crippen molar-refractivity contribution in [3.63, 3.8) is 0 Å². The van der Waals surface area contributed by atoms with Crippen LogP contribution in [0, 0.1) is 5.92 Å². The number of rotatable bonds is 2. The summed E-state index contributed by atoms with van der Waals surface area (Å²) < 4.78 is 36.8. The van der Waals surface area contributed by atoms with Crippen molar-refractivity contribution in [2.24, 2.45) is 5.92 Å². The van der Waals surface area contributed by atoms with E-state index in [0.717, 1.165) is 25.9 Å². The smallest absolute Gasteiger partial charge is 0.340 e. The van der Waals surface area contributed by atoms with Gasteiger partial charge in [-0.05, 0) is 25.9 Å². The molecule has 7 heteroatoms. The molecule has 4 nitrogen and oxygen atoms in total. The average molecular weight is 279 g/mol. The first-order valence-corrected chi connectivity index (χ1v) is 6.74. The summed E-state index contributed by atoms with van der Waals surface area (Å²) in [6, 6.07) is 0. The van der Waals surface area contributed by atoms with E-state index in [1.54, 1.807) is 4.90 Å². The largest absolute Gasteiger partial charge is 0.401 e. The molecule has 2 heterocycles. The molecule has 0 spiro atoms. The van der Waals surface area contributed by atoms with Crippen molar-refractivity contribution in [2.75, 3.05) is 45.8 Å². The molecule has 19 heavy (non-hydrogen) atoms. The van der Waals surface area contributed by atoms with E-state index in [0.29, 0.717) is 26.2 Å². The minimum Gasteiger partial charge on any atom is -0.340 e. The molecule has 0 aliphatic carbocycles. The Kier molecular flexibility index (Phi) is 4.67. The Morgan fingerprint density at radius 3 is 2.21 bits per heavy atom. The van der Waals surface area contributed by atoms with Gasteiger partial charge >= 0.3 is 6.18 Å². The maximum absolute atomic E-state index is 12.3. The maximum Gasteiger partial charge on any atom is 0.401 e. The van der Waals surface area contributed by atoms with Gasteiger partial charge in [0.25, 0.3) is 0 Å². The number of hydrogen-bond acceptors (Lipinski definition) is 3. The number of halogens is 3. The van der Waals surface area contributed by atoms with E-state index in [1.807, 2.05) is 0 Å². The lowest BCUT2D eigenvalue weighted by atomic mass is 9.96. The van der Waals surface area contributed by atoms with Crippen molar-refractivity contribution < 1.29 is 18.0 Å². The summed E-state index contributed by atoms with van der Waals surface area (Å²) in [6.07, 6.45) is -2.48. The second kappa shape index (κ2) is 6.09. The highest BCUT2D eigenvalue weighted by molar-refractivity contribution is 5.79. The molecular formula is C12H20F3N3O. The zero-order chi connectivity index (χ0) is 13.9. The number of piperazine rings is 1. The molecule has 0 bridgehead atoms. The Morgan fingerprint density at radius 2 is 1.68 bits per heavy atom. The van der Waals surface area contributed by atoms with Crippen LogP contribution in [0.4, 0.5) is 13.2 Å². The minimum atomic E-state index is -4.15. The molecule has 0 saturated carbocycles. The van der Waals surface area contributed by atoms with Crippen molar-refractivity contribution in [3.8, 4) is 0 Å². The molecule has 2 aliphatic rings. The first-order chi connectivity index (χ1) is 8.96. The highest BCUT2D eigenvalue weighted by Crippen LogP contribution is 2.19. The zero-order valence-corrected chi connectivity index (χ0v) is 10.9. The highest BCUT2D eigenvalue weighted by Gasteiger charge is 2.34. The Hall–Kier alpha value is -0.820. The predicted molar refractivity (Wildman–Crippen MR) is 64.7 cm³/mol. The average Bonchev–Trinajstić information content (AvgIpc) is 2.38. The normalized spacial score (nSPS) is 23.6. The second-order valence-electron chi connectivity index (χ2n) is 5.24. The standard InChI is InChI=1S/C12H20F3N3O/c13-12(14,15)9-17-5-7-18(8-6-17)11(19)10-1-3-16-4-2-10/h10,16H,1-9H2. The summed E-state index contributed by atoms with van der Waals surface area (Å²) in [6.45, 7) is 2.29. The van der Waals surface area contributed by atoms with E-state index < -0.39 is 12.7 Å². The number of nitrogens with one attached hydrogen (secondary N) is 1. The Morgan fingerprint density at radius 1 is 1.11 bits per heavy atom. The van der Waals surface area contributed by atoms with Crippen LogP contribution in [0.15, 0.2) is 0 Å². The van der Waals surface area contributed by atoms with Crippen LogP contribution in [0.25, 0.3) is 0 Å². The SMILES string of the molecule is O=C(C1CCNCC1)N1CCN(CC(F)(F)F)CC1. The van der Waals surface area contributed by atoms with Crippen molar-refractivity contribution >= 4 is 5.91 Å². The first kappa shape index (κ1) is 14.6. The fourth-order valence-electron chi connectivity index (χ4n) is 2.71. The van der Waals surface area contributed by atoms with Crippen molar-refractivity contribution in [1.82, 2.24) is 15.1 Å². The second-order valence-corrected chi connectivity index (χ2v) is 5.24. The van der Waals surface area contributed by atoms with Gasteiger partial charge in [-0.3, -0.25) is 9.69 Å². The van der Waals surface area contributed by atoms with Gasteiger partial charge in [-0.2, -0.15) is 13.2 Å². The summed E-state index contributed by atoms with van der Waals surface area (Å²) in [5.74, 6) is 0.170. The third-order valence-corrected chi connectivity index (χ3v) is 3.78. The lowest BCUT2D eigenvalue weighted by Crippen LogP contribution is -2.52. The number of amides is 1. The van der Waals surface area contributed by atoms with Crippen LogP contribution in [0.5, 0.6) is 0 Å². The summed E-state index contributed by atoms with van der Waals surface area (Å²) in [5, 5.41) is 3.20. The fourth-order valence-corrected chi connectivity index (χ4v) is 2.71. The van der Waals surface area contributed by atoms with E-state index in [1.165, 1.54) is 4.90 Å². The number of piperidine rings is 1. The number of hydrogen-bond donors (Lipinski definition) is 1. The third kappa shape index (κ3) is 4.35. The Labute approximate surface area is 110 Å². The van der Waals surface area contributed by atoms with Gasteiger partial charge in [0.15, 0.2) is 0 Å². The zero-order valence-electron chi connectivity index (χ0n) is 10.9. The van der Waals surface area contributed by atoms with E-state index in [-0.39, 0.29) is 11.8 Å². The van der Waals surface area contributed by atoms with Gasteiger partial charge in [0.1, 0.15) is 0 Å². The van der Waals surface area contributed by atoms with Gasteiger partial charge in [-0.15, -0.1) is 0 Å². The molecule has 2 rings (SSSR count). The van der Waals surface area contributed by atoms with Crippen molar-refractivity contribution in [3.05, 3.63) is 0 Å². The Balaban J connectivity index is 1.77. The van der Waals surface area contributed by atoms with Crippen LogP contribution in [-0.4, -0.2) is 67.7 Å². The summed E-state index contributed by atoms with van der Waals surface area (Å²) in [5.41, 5.74) is 0. The first-order valence-electron chi connectivity index (χ1n) is 6.74. The topological polar surface area (TPSA) is 35.6 Å². The van der Waals surface area contributed by atoms with Crippen molar-refractivity contribution in [1.29, 1.82) is 0 Å². The third-order valence-electron chi connectivity index (χ3n) is 3.78. The van der Waals surface area contributed by atoms with E-state index in [9.17, 15) is 18.0 Å². The number of carbonyl (C=O) groups excluding carboxylic acids is 1. The molecule has 0 aromatic carbocycles. The summed E-state index contributed by atoms with van der Waals surface area (Å²) in [4.78, 5) is 15.3.